The van der Waals surface area contributed by atoms with Gasteiger partial charge in [-0.2, -0.15) is 0 Å². The predicted molar refractivity (Wildman–Crippen MR) is 219 cm³/mol. The van der Waals surface area contributed by atoms with Gasteiger partial charge in [-0.25, -0.2) is 4.98 Å². The van der Waals surface area contributed by atoms with Crippen molar-refractivity contribution in [2.75, 3.05) is 29.6 Å². The lowest BCUT2D eigenvalue weighted by atomic mass is 10.1. The molecule has 0 spiro atoms. The number of halogens is 2. The monoisotopic (exact) mass is 777 g/mol. The van der Waals surface area contributed by atoms with Gasteiger partial charge < -0.3 is 20.9 Å². The number of benzene rings is 5. The van der Waals surface area contributed by atoms with Gasteiger partial charge in [0.1, 0.15) is 10.9 Å². The Balaban J connectivity index is 1.17. The van der Waals surface area contributed by atoms with Crippen LogP contribution in [0.15, 0.2) is 143 Å². The normalized spacial score (nSPS) is 11.7. The number of rotatable bonds is 12. The summed E-state index contributed by atoms with van der Waals surface area (Å²) in [5.74, 6) is -1.13. The van der Waals surface area contributed by atoms with E-state index >= 15 is 0 Å². The van der Waals surface area contributed by atoms with E-state index < -0.39 is 17.1 Å². The summed E-state index contributed by atoms with van der Waals surface area (Å²) in [5, 5.41) is 11.2. The second-order valence-corrected chi connectivity index (χ2v) is 14.8. The first kappa shape index (κ1) is 37.4. The minimum absolute atomic E-state index is 0.0835. The number of thioether (sulfide) groups is 1. The maximum absolute atomic E-state index is 13.7. The zero-order valence-corrected chi connectivity index (χ0v) is 31.7. The molecule has 53 heavy (non-hydrogen) atoms. The van der Waals surface area contributed by atoms with Gasteiger partial charge in [0.25, 0.3) is 11.8 Å². The van der Waals surface area contributed by atoms with Crippen LogP contribution >= 0.6 is 46.3 Å². The van der Waals surface area contributed by atoms with E-state index in [9.17, 15) is 14.4 Å². The third kappa shape index (κ3) is 9.94. The van der Waals surface area contributed by atoms with E-state index in [0.29, 0.717) is 32.1 Å². The lowest BCUT2D eigenvalue weighted by Crippen LogP contribution is -2.30. The number of aromatic nitrogens is 1. The van der Waals surface area contributed by atoms with Crippen LogP contribution in [0.4, 0.5) is 16.5 Å². The lowest BCUT2D eigenvalue weighted by molar-refractivity contribution is -0.116. The highest BCUT2D eigenvalue weighted by Gasteiger charge is 2.24. The number of carbonyl (C=O) groups is 3. The van der Waals surface area contributed by atoms with Crippen LogP contribution in [0.25, 0.3) is 17.3 Å². The fourth-order valence-corrected chi connectivity index (χ4v) is 7.17. The second kappa shape index (κ2) is 17.4. The first-order valence-corrected chi connectivity index (χ1v) is 18.8. The Morgan fingerprint density at radius 1 is 0.792 bits per heavy atom. The van der Waals surface area contributed by atoms with E-state index in [2.05, 4.69) is 20.9 Å². The highest BCUT2D eigenvalue weighted by Crippen LogP contribution is 2.38. The molecule has 5 aromatic carbocycles. The molecule has 3 amide bonds. The molecular formula is C41H33Cl2N5O3S2. The molecule has 8 nitrogen and oxygen atoms in total. The fourth-order valence-electron chi connectivity index (χ4n) is 5.12. The minimum Gasteiger partial charge on any atom is -0.378 e. The minimum atomic E-state index is -0.601. The zero-order valence-electron chi connectivity index (χ0n) is 28.5. The Hall–Kier alpha value is -5.39. The van der Waals surface area contributed by atoms with Gasteiger partial charge in [-0.05, 0) is 77.9 Å². The van der Waals surface area contributed by atoms with Crippen molar-refractivity contribution < 1.29 is 14.4 Å². The number of amides is 3. The van der Waals surface area contributed by atoms with Gasteiger partial charge in [0, 0.05) is 46.9 Å². The molecule has 0 bridgehead atoms. The van der Waals surface area contributed by atoms with E-state index in [4.69, 9.17) is 23.2 Å². The summed E-state index contributed by atoms with van der Waals surface area (Å²) in [7, 11) is 3.89. The molecule has 0 radical (unpaired) electrons. The molecule has 266 valence electrons. The van der Waals surface area contributed by atoms with Crippen LogP contribution in [-0.2, 0) is 9.59 Å². The first-order valence-electron chi connectivity index (χ1n) is 16.3. The van der Waals surface area contributed by atoms with Crippen molar-refractivity contribution in [3.8, 4) is 11.3 Å². The predicted octanol–water partition coefficient (Wildman–Crippen LogP) is 10.1. The van der Waals surface area contributed by atoms with Gasteiger partial charge in [-0.1, -0.05) is 89.9 Å². The third-order valence-corrected chi connectivity index (χ3v) is 10.7. The van der Waals surface area contributed by atoms with Gasteiger partial charge in [0.05, 0.1) is 15.7 Å². The molecule has 12 heteroatoms. The fraction of sp³-hybridized carbons (Fsp3) is 0.0732. The molecule has 1 aromatic heterocycles. The number of nitrogens with zero attached hydrogens (tertiary/aromatic N) is 2. The van der Waals surface area contributed by atoms with Gasteiger partial charge in [0.15, 0.2) is 5.13 Å². The summed E-state index contributed by atoms with van der Waals surface area (Å²) in [6.45, 7) is 0. The van der Waals surface area contributed by atoms with E-state index in [1.54, 1.807) is 54.6 Å². The van der Waals surface area contributed by atoms with Crippen molar-refractivity contribution in [2.24, 2.45) is 0 Å². The summed E-state index contributed by atoms with van der Waals surface area (Å²) in [6, 6.07) is 38.3. The third-order valence-electron chi connectivity index (χ3n) is 7.91. The van der Waals surface area contributed by atoms with Crippen LogP contribution in [0.3, 0.4) is 0 Å². The van der Waals surface area contributed by atoms with Crippen molar-refractivity contribution in [3.63, 3.8) is 0 Å². The van der Waals surface area contributed by atoms with Gasteiger partial charge in [-0.3, -0.25) is 14.4 Å². The zero-order chi connectivity index (χ0) is 37.3. The van der Waals surface area contributed by atoms with Crippen molar-refractivity contribution in [1.82, 2.24) is 10.3 Å². The Bertz CT molecular complexity index is 2250. The molecule has 3 N–H and O–H groups in total. The Kier molecular flexibility index (Phi) is 12.3. The van der Waals surface area contributed by atoms with Crippen molar-refractivity contribution >= 4 is 86.6 Å². The molecular weight excluding hydrogens is 746 g/mol. The Morgan fingerprint density at radius 3 is 2.13 bits per heavy atom. The number of hydrogen-bond acceptors (Lipinski definition) is 7. The number of anilines is 3. The lowest BCUT2D eigenvalue weighted by Gasteiger charge is -2.17. The maximum atomic E-state index is 13.7. The average molecular weight is 779 g/mol. The quantitative estimate of drug-likeness (QED) is 0.0845. The second-order valence-electron chi connectivity index (χ2n) is 11.9. The van der Waals surface area contributed by atoms with E-state index in [0.717, 1.165) is 27.3 Å². The molecule has 0 fully saturated rings. The van der Waals surface area contributed by atoms with E-state index in [1.165, 1.54) is 23.1 Å². The first-order chi connectivity index (χ1) is 25.6. The van der Waals surface area contributed by atoms with Gasteiger partial charge in [0.2, 0.25) is 5.91 Å². The Morgan fingerprint density at radius 2 is 1.47 bits per heavy atom. The van der Waals surface area contributed by atoms with Crippen molar-refractivity contribution in [1.29, 1.82) is 0 Å². The van der Waals surface area contributed by atoms with Crippen LogP contribution in [0.5, 0.6) is 0 Å². The summed E-state index contributed by atoms with van der Waals surface area (Å²) < 4.78 is 0. The number of thiazole rings is 1. The SMILES string of the molecule is CN(C)c1ccc(/C=C(\NC(=O)c2ccccc2)C(=O)Nc2ccc(SC(C(=O)Nc3nc(-c4ccc(Cl)c(Cl)c4)cs3)c3ccccc3)cc2)cc1. The number of hydrogen-bond donors (Lipinski definition) is 3. The van der Waals surface area contributed by atoms with Crippen molar-refractivity contribution in [3.05, 3.63) is 165 Å². The molecule has 0 saturated heterocycles. The van der Waals surface area contributed by atoms with Crippen LogP contribution < -0.4 is 20.9 Å². The van der Waals surface area contributed by atoms with Crippen LogP contribution in [0.1, 0.15) is 26.7 Å². The molecule has 0 aliphatic carbocycles. The van der Waals surface area contributed by atoms with Crippen LogP contribution in [0, 0.1) is 0 Å². The highest BCUT2D eigenvalue weighted by atomic mass is 35.5. The summed E-state index contributed by atoms with van der Waals surface area (Å²) in [4.78, 5) is 47.8. The molecule has 0 aliphatic rings. The topological polar surface area (TPSA) is 103 Å². The molecule has 1 heterocycles. The molecule has 0 saturated carbocycles. The molecule has 6 aromatic rings. The Labute approximate surface area is 325 Å². The number of carbonyl (C=O) groups excluding carboxylic acids is 3. The summed E-state index contributed by atoms with van der Waals surface area (Å²) in [5.41, 5.74) is 5.05. The largest absolute Gasteiger partial charge is 0.378 e. The summed E-state index contributed by atoms with van der Waals surface area (Å²) in [6.07, 6.45) is 1.64. The molecule has 1 atom stereocenters. The van der Waals surface area contributed by atoms with Gasteiger partial charge >= 0.3 is 0 Å². The van der Waals surface area contributed by atoms with E-state index in [-0.39, 0.29) is 11.6 Å². The standard InChI is InChI=1S/C41H33Cl2N5O3S2/c1-48(2)31-18-13-26(14-19-31)23-35(45-38(49)28-11-7-4-8-12-28)39(50)44-30-16-20-32(21-17-30)53-37(27-9-5-3-6-10-27)40(51)47-41-46-36(25-52-41)29-15-22-33(42)34(43)24-29/h3-25,37H,1-2H3,(H,44,50)(H,45,49)(H,46,47,51)/b35-23-. The van der Waals surface area contributed by atoms with Gasteiger partial charge in [-0.15, -0.1) is 23.1 Å². The van der Waals surface area contributed by atoms with Crippen LogP contribution in [0.2, 0.25) is 10.0 Å². The highest BCUT2D eigenvalue weighted by molar-refractivity contribution is 8.00. The van der Waals surface area contributed by atoms with Crippen molar-refractivity contribution in [2.45, 2.75) is 10.1 Å². The molecule has 1 unspecified atom stereocenters. The summed E-state index contributed by atoms with van der Waals surface area (Å²) >= 11 is 15.0. The smallest absolute Gasteiger partial charge is 0.272 e. The van der Waals surface area contributed by atoms with E-state index in [1.807, 2.05) is 103 Å². The molecule has 6 rings (SSSR count). The maximum Gasteiger partial charge on any atom is 0.272 e. The molecule has 0 aliphatic heterocycles. The van der Waals surface area contributed by atoms with Crippen LogP contribution in [-0.4, -0.2) is 36.8 Å². The average Bonchev–Trinajstić information content (AvgIpc) is 3.64. The number of nitrogens with one attached hydrogen (secondary N) is 3.